The number of rotatable bonds is 5. The minimum atomic E-state index is -0.274. The molecule has 1 aliphatic rings. The highest BCUT2D eigenvalue weighted by Crippen LogP contribution is 2.24. The number of amides is 2. The number of carbonyl (C=O) groups is 2. The molecule has 1 N–H and O–H groups in total. The van der Waals surface area contributed by atoms with E-state index < -0.39 is 0 Å². The zero-order valence-corrected chi connectivity index (χ0v) is 14.3. The highest BCUT2D eigenvalue weighted by molar-refractivity contribution is 7.99. The highest BCUT2D eigenvalue weighted by Gasteiger charge is 2.34. The van der Waals surface area contributed by atoms with Crippen LogP contribution < -0.4 is 0 Å². The number of hydrogen-bond acceptors (Lipinski definition) is 7. The second-order valence-electron chi connectivity index (χ2n) is 5.55. The van der Waals surface area contributed by atoms with Crippen molar-refractivity contribution in [2.24, 2.45) is 0 Å². The number of nitrogens with zero attached hydrogens (tertiary/aromatic N) is 5. The van der Waals surface area contributed by atoms with E-state index in [2.05, 4.69) is 15.5 Å². The second-order valence-corrected chi connectivity index (χ2v) is 6.61. The maximum absolute atomic E-state index is 12.3. The molecule has 0 unspecified atom stereocenters. The van der Waals surface area contributed by atoms with Crippen molar-refractivity contribution in [3.63, 3.8) is 0 Å². The molecule has 0 saturated carbocycles. The molecule has 26 heavy (non-hydrogen) atoms. The van der Waals surface area contributed by atoms with Crippen LogP contribution in [-0.4, -0.2) is 54.3 Å². The predicted octanol–water partition coefficient (Wildman–Crippen LogP) is 1.76. The molecule has 8 nitrogen and oxygen atoms in total. The lowest BCUT2D eigenvalue weighted by molar-refractivity contribution is 0.0664. The van der Waals surface area contributed by atoms with Gasteiger partial charge in [-0.05, 0) is 46.8 Å². The van der Waals surface area contributed by atoms with Crippen LogP contribution in [0.15, 0.2) is 53.7 Å². The number of phenols is 1. The van der Waals surface area contributed by atoms with Gasteiger partial charge in [0.2, 0.25) is 5.16 Å². The summed E-state index contributed by atoms with van der Waals surface area (Å²) in [5.74, 6) is 0.0690. The van der Waals surface area contributed by atoms with Crippen LogP contribution in [0.25, 0.3) is 5.69 Å². The highest BCUT2D eigenvalue weighted by atomic mass is 32.2. The fourth-order valence-corrected chi connectivity index (χ4v) is 3.51. The predicted molar refractivity (Wildman–Crippen MR) is 93.4 cm³/mol. The van der Waals surface area contributed by atoms with Gasteiger partial charge in [-0.15, -0.1) is 5.10 Å². The van der Waals surface area contributed by atoms with Crippen LogP contribution in [0, 0.1) is 0 Å². The number of carbonyl (C=O) groups excluding carboxylic acids is 2. The third-order valence-corrected chi connectivity index (χ3v) is 4.86. The Balaban J connectivity index is 1.44. The second kappa shape index (κ2) is 6.60. The molecule has 130 valence electrons. The summed E-state index contributed by atoms with van der Waals surface area (Å²) >= 11 is 1.34. The molecular formula is C17H13N5O3S. The van der Waals surface area contributed by atoms with E-state index in [0.717, 1.165) is 0 Å². The summed E-state index contributed by atoms with van der Waals surface area (Å²) in [5, 5.41) is 21.5. The number of thioether (sulfide) groups is 1. The summed E-state index contributed by atoms with van der Waals surface area (Å²) in [4.78, 5) is 25.9. The van der Waals surface area contributed by atoms with Gasteiger partial charge in [0.15, 0.2) is 0 Å². The van der Waals surface area contributed by atoms with Crippen molar-refractivity contribution in [1.82, 2.24) is 25.1 Å². The van der Waals surface area contributed by atoms with Crippen LogP contribution in [0.2, 0.25) is 0 Å². The van der Waals surface area contributed by atoms with Crippen LogP contribution in [0.3, 0.4) is 0 Å². The molecule has 0 spiro atoms. The molecule has 0 bridgehead atoms. The number of imide groups is 1. The van der Waals surface area contributed by atoms with E-state index in [1.807, 2.05) is 0 Å². The molecule has 2 heterocycles. The largest absolute Gasteiger partial charge is 0.508 e. The molecule has 3 aromatic rings. The van der Waals surface area contributed by atoms with Gasteiger partial charge in [0.05, 0.1) is 16.8 Å². The number of benzene rings is 2. The van der Waals surface area contributed by atoms with Gasteiger partial charge in [-0.25, -0.2) is 0 Å². The van der Waals surface area contributed by atoms with E-state index >= 15 is 0 Å². The Labute approximate surface area is 152 Å². The smallest absolute Gasteiger partial charge is 0.261 e. The SMILES string of the molecule is O=C1c2ccccc2C(=O)N1CCSc1nnnn1-c1ccc(O)cc1. The van der Waals surface area contributed by atoms with Crippen LogP contribution in [-0.2, 0) is 0 Å². The van der Waals surface area contributed by atoms with Crippen LogP contribution in [0.5, 0.6) is 5.75 Å². The van der Waals surface area contributed by atoms with Crippen LogP contribution in [0.4, 0.5) is 0 Å². The molecule has 2 amide bonds. The number of fused-ring (bicyclic) bond motifs is 1. The topological polar surface area (TPSA) is 101 Å². The van der Waals surface area contributed by atoms with Gasteiger partial charge in [0, 0.05) is 12.3 Å². The monoisotopic (exact) mass is 367 g/mol. The van der Waals surface area contributed by atoms with Crippen molar-refractivity contribution in [2.75, 3.05) is 12.3 Å². The fraction of sp³-hybridized carbons (Fsp3) is 0.118. The first-order valence-electron chi connectivity index (χ1n) is 7.81. The van der Waals surface area contributed by atoms with E-state index in [0.29, 0.717) is 27.7 Å². The Bertz CT molecular complexity index is 951. The Morgan fingerprint density at radius 3 is 2.27 bits per heavy atom. The van der Waals surface area contributed by atoms with E-state index in [9.17, 15) is 14.7 Å². The number of aromatic nitrogens is 4. The molecule has 0 radical (unpaired) electrons. The minimum Gasteiger partial charge on any atom is -0.508 e. The van der Waals surface area contributed by atoms with Gasteiger partial charge in [-0.2, -0.15) is 4.68 Å². The molecule has 0 fully saturated rings. The Morgan fingerprint density at radius 2 is 1.62 bits per heavy atom. The number of aromatic hydroxyl groups is 1. The molecule has 0 aliphatic carbocycles. The van der Waals surface area contributed by atoms with Crippen molar-refractivity contribution in [3.05, 3.63) is 59.7 Å². The Morgan fingerprint density at radius 1 is 0.962 bits per heavy atom. The maximum atomic E-state index is 12.3. The lowest BCUT2D eigenvalue weighted by atomic mass is 10.1. The molecular weight excluding hydrogens is 354 g/mol. The Hall–Kier alpha value is -3.20. The van der Waals surface area contributed by atoms with E-state index in [4.69, 9.17) is 0 Å². The van der Waals surface area contributed by atoms with Crippen LogP contribution in [0.1, 0.15) is 20.7 Å². The minimum absolute atomic E-state index is 0.154. The van der Waals surface area contributed by atoms with Gasteiger partial charge < -0.3 is 5.11 Å². The zero-order chi connectivity index (χ0) is 18.1. The number of tetrazole rings is 1. The van der Waals surface area contributed by atoms with E-state index in [1.54, 1.807) is 48.5 Å². The molecule has 2 aromatic carbocycles. The van der Waals surface area contributed by atoms with Crippen molar-refractivity contribution >= 4 is 23.6 Å². The summed E-state index contributed by atoms with van der Waals surface area (Å²) in [6.45, 7) is 0.263. The van der Waals surface area contributed by atoms with Gasteiger partial charge in [0.1, 0.15) is 5.75 Å². The van der Waals surface area contributed by atoms with Crippen molar-refractivity contribution in [3.8, 4) is 11.4 Å². The van der Waals surface area contributed by atoms with Gasteiger partial charge >= 0.3 is 0 Å². The molecule has 9 heteroatoms. The first kappa shape index (κ1) is 16.3. The first-order valence-corrected chi connectivity index (χ1v) is 8.79. The molecule has 0 atom stereocenters. The summed E-state index contributed by atoms with van der Waals surface area (Å²) in [5.41, 5.74) is 1.59. The first-order chi connectivity index (χ1) is 12.6. The lowest BCUT2D eigenvalue weighted by Gasteiger charge is -2.13. The summed E-state index contributed by atoms with van der Waals surface area (Å²) in [6, 6.07) is 13.3. The Kier molecular flexibility index (Phi) is 4.13. The average molecular weight is 367 g/mol. The van der Waals surface area contributed by atoms with E-state index in [-0.39, 0.29) is 24.1 Å². The van der Waals surface area contributed by atoms with Crippen molar-refractivity contribution < 1.29 is 14.7 Å². The lowest BCUT2D eigenvalue weighted by Crippen LogP contribution is -2.31. The normalized spacial score (nSPS) is 13.3. The maximum Gasteiger partial charge on any atom is 0.261 e. The standard InChI is InChI=1S/C17H13N5O3S/c23-12-7-5-11(6-8-12)22-17(18-19-20-22)26-10-9-21-15(24)13-3-1-2-4-14(13)16(21)25/h1-8,23H,9-10H2. The molecule has 1 aromatic heterocycles. The summed E-state index contributed by atoms with van der Waals surface area (Å²) in [6.07, 6.45) is 0. The number of hydrogen-bond donors (Lipinski definition) is 1. The number of phenolic OH excluding ortho intramolecular Hbond substituents is 1. The summed E-state index contributed by atoms with van der Waals surface area (Å²) in [7, 11) is 0. The fourth-order valence-electron chi connectivity index (χ4n) is 2.70. The quantitative estimate of drug-likeness (QED) is 0.541. The third kappa shape index (κ3) is 2.82. The summed E-state index contributed by atoms with van der Waals surface area (Å²) < 4.78 is 1.53. The zero-order valence-electron chi connectivity index (χ0n) is 13.4. The van der Waals surface area contributed by atoms with Crippen molar-refractivity contribution in [1.29, 1.82) is 0 Å². The van der Waals surface area contributed by atoms with Gasteiger partial charge in [-0.1, -0.05) is 23.9 Å². The van der Waals surface area contributed by atoms with Gasteiger partial charge in [-0.3, -0.25) is 14.5 Å². The molecule has 4 rings (SSSR count). The van der Waals surface area contributed by atoms with Crippen LogP contribution >= 0.6 is 11.8 Å². The average Bonchev–Trinajstić information content (AvgIpc) is 3.21. The molecule has 0 saturated heterocycles. The van der Waals surface area contributed by atoms with E-state index in [1.165, 1.54) is 21.3 Å². The molecule has 1 aliphatic heterocycles. The van der Waals surface area contributed by atoms with Gasteiger partial charge in [0.25, 0.3) is 11.8 Å². The third-order valence-electron chi connectivity index (χ3n) is 3.96. The van der Waals surface area contributed by atoms with Crippen molar-refractivity contribution in [2.45, 2.75) is 5.16 Å².